The first kappa shape index (κ1) is 14.2. The molecule has 0 N–H and O–H groups in total. The van der Waals surface area contributed by atoms with Crippen molar-refractivity contribution in [3.63, 3.8) is 0 Å². The number of para-hydroxylation sites is 1. The molecule has 0 fully saturated rings. The van der Waals surface area contributed by atoms with E-state index >= 15 is 0 Å². The largest absolute Gasteiger partial charge is 0.425 e. The molecule has 0 bridgehead atoms. The van der Waals surface area contributed by atoms with E-state index in [9.17, 15) is 0 Å². The summed E-state index contributed by atoms with van der Waals surface area (Å²) in [5.41, 5.74) is 4.90. The molecule has 0 aliphatic heterocycles. The Labute approximate surface area is 144 Å². The molecule has 2 aromatic carbocycles. The van der Waals surface area contributed by atoms with E-state index in [-0.39, 0.29) is 0 Å². The summed E-state index contributed by atoms with van der Waals surface area (Å²) in [4.78, 5) is 4.70. The maximum atomic E-state index is 6.02. The Balaban J connectivity index is 1.85. The van der Waals surface area contributed by atoms with Crippen molar-refractivity contribution >= 4 is 33.1 Å². The lowest BCUT2D eigenvalue weighted by atomic mass is 10.0. The van der Waals surface area contributed by atoms with E-state index in [1.807, 2.05) is 49.0 Å². The Bertz CT molecular complexity index is 1280. The third kappa shape index (κ3) is 2.00. The maximum Gasteiger partial charge on any atom is 0.330 e. The summed E-state index contributed by atoms with van der Waals surface area (Å²) in [6.45, 7) is 4.11. The third-order valence-corrected chi connectivity index (χ3v) is 4.76. The highest BCUT2D eigenvalue weighted by molar-refractivity contribution is 6.17. The van der Waals surface area contributed by atoms with E-state index in [4.69, 9.17) is 13.8 Å². The SMILES string of the molecule is Cc1cc[n+](C)c(-c2cc3oc4oc5ccccc5c4c3cc2C)n1. The van der Waals surface area contributed by atoms with Crippen molar-refractivity contribution in [2.45, 2.75) is 13.8 Å². The molecule has 0 aliphatic rings. The highest BCUT2D eigenvalue weighted by atomic mass is 16.5. The number of rotatable bonds is 1. The van der Waals surface area contributed by atoms with Crippen LogP contribution < -0.4 is 4.57 Å². The van der Waals surface area contributed by atoms with Crippen LogP contribution in [0.5, 0.6) is 0 Å². The maximum absolute atomic E-state index is 6.02. The van der Waals surface area contributed by atoms with Gasteiger partial charge in [-0.1, -0.05) is 18.2 Å². The number of furan rings is 2. The molecular weight excluding hydrogens is 312 g/mol. The Hall–Kier alpha value is -3.14. The van der Waals surface area contributed by atoms with Gasteiger partial charge in [-0.05, 0) is 35.7 Å². The van der Waals surface area contributed by atoms with Crippen LogP contribution in [0.15, 0.2) is 57.5 Å². The molecular formula is C21H17N2O2+. The van der Waals surface area contributed by atoms with Crippen molar-refractivity contribution in [3.8, 4) is 11.4 Å². The van der Waals surface area contributed by atoms with Gasteiger partial charge in [-0.2, -0.15) is 0 Å². The van der Waals surface area contributed by atoms with Gasteiger partial charge >= 0.3 is 5.82 Å². The van der Waals surface area contributed by atoms with Gasteiger partial charge in [-0.15, -0.1) is 0 Å². The lowest BCUT2D eigenvalue weighted by Crippen LogP contribution is -2.32. The average Bonchev–Trinajstić information content (AvgIpc) is 3.12. The van der Waals surface area contributed by atoms with Gasteiger partial charge in [0.1, 0.15) is 11.2 Å². The molecule has 5 rings (SSSR count). The summed E-state index contributed by atoms with van der Waals surface area (Å²) in [5, 5.41) is 3.21. The molecule has 0 unspecified atom stereocenters. The van der Waals surface area contributed by atoms with Crippen molar-refractivity contribution in [1.82, 2.24) is 4.98 Å². The number of fused-ring (bicyclic) bond motifs is 5. The van der Waals surface area contributed by atoms with Gasteiger partial charge in [0.15, 0.2) is 5.69 Å². The molecule has 3 heterocycles. The molecule has 0 amide bonds. The van der Waals surface area contributed by atoms with Gasteiger partial charge < -0.3 is 8.83 Å². The zero-order valence-corrected chi connectivity index (χ0v) is 14.3. The molecule has 4 heteroatoms. The van der Waals surface area contributed by atoms with Gasteiger partial charge in [0.05, 0.1) is 24.2 Å². The molecule has 3 aromatic heterocycles. The minimum absolute atomic E-state index is 0.578. The Kier molecular flexibility index (Phi) is 2.80. The number of hydrogen-bond donors (Lipinski definition) is 0. The fourth-order valence-electron chi connectivity index (χ4n) is 3.48. The van der Waals surface area contributed by atoms with Crippen LogP contribution in [0.4, 0.5) is 0 Å². The molecule has 0 radical (unpaired) electrons. The molecule has 0 aliphatic carbocycles. The van der Waals surface area contributed by atoms with Gasteiger partial charge in [-0.3, -0.25) is 0 Å². The highest BCUT2D eigenvalue weighted by Gasteiger charge is 2.21. The molecule has 4 nitrogen and oxygen atoms in total. The molecule has 0 spiro atoms. The van der Waals surface area contributed by atoms with Crippen LogP contribution in [0, 0.1) is 13.8 Å². The van der Waals surface area contributed by atoms with E-state index in [0.29, 0.717) is 5.78 Å². The summed E-state index contributed by atoms with van der Waals surface area (Å²) in [6, 6.07) is 14.3. The first-order valence-electron chi connectivity index (χ1n) is 8.30. The third-order valence-electron chi connectivity index (χ3n) is 4.76. The highest BCUT2D eigenvalue weighted by Crippen LogP contribution is 2.38. The van der Waals surface area contributed by atoms with Crippen LogP contribution in [0.25, 0.3) is 44.5 Å². The Morgan fingerprint density at radius 2 is 1.72 bits per heavy atom. The predicted molar refractivity (Wildman–Crippen MR) is 97.4 cm³/mol. The normalized spacial score (nSPS) is 11.8. The number of benzene rings is 2. The quantitative estimate of drug-likeness (QED) is 0.413. The molecule has 0 saturated carbocycles. The average molecular weight is 329 g/mol. The number of aromatic nitrogens is 2. The Morgan fingerprint density at radius 3 is 2.60 bits per heavy atom. The fourth-order valence-corrected chi connectivity index (χ4v) is 3.48. The van der Waals surface area contributed by atoms with Gasteiger partial charge in [-0.25, -0.2) is 4.57 Å². The second-order valence-electron chi connectivity index (χ2n) is 6.53. The topological polar surface area (TPSA) is 43.0 Å². The van der Waals surface area contributed by atoms with Crippen LogP contribution in [-0.4, -0.2) is 4.98 Å². The van der Waals surface area contributed by atoms with Crippen molar-refractivity contribution in [1.29, 1.82) is 0 Å². The molecule has 0 saturated heterocycles. The van der Waals surface area contributed by atoms with Crippen LogP contribution >= 0.6 is 0 Å². The standard InChI is InChI=1S/C21H17N2O2/c1-12-10-16-18(11-15(12)20-22-13(2)8-9-23(20)3)25-21-19(16)14-6-4-5-7-17(14)24-21/h4-11H,1-3H3/q+1. The zero-order valence-electron chi connectivity index (χ0n) is 14.3. The van der Waals surface area contributed by atoms with Crippen LogP contribution in [-0.2, 0) is 7.05 Å². The smallest absolute Gasteiger partial charge is 0.330 e. The predicted octanol–water partition coefficient (Wildman–Crippen LogP) is 4.84. The second kappa shape index (κ2) is 4.93. The summed E-state index contributed by atoms with van der Waals surface area (Å²) in [6.07, 6.45) is 2.03. The molecule has 25 heavy (non-hydrogen) atoms. The summed E-state index contributed by atoms with van der Waals surface area (Å²) in [7, 11) is 2.01. The van der Waals surface area contributed by atoms with E-state index in [0.717, 1.165) is 50.0 Å². The fraction of sp³-hybridized carbons (Fsp3) is 0.143. The van der Waals surface area contributed by atoms with Gasteiger partial charge in [0.25, 0.3) is 5.78 Å². The zero-order chi connectivity index (χ0) is 17.1. The van der Waals surface area contributed by atoms with E-state index in [1.165, 1.54) is 0 Å². The van der Waals surface area contributed by atoms with E-state index in [1.54, 1.807) is 0 Å². The number of aryl methyl sites for hydroxylation is 3. The van der Waals surface area contributed by atoms with Gasteiger partial charge in [0, 0.05) is 23.8 Å². The molecule has 0 atom stereocenters. The lowest BCUT2D eigenvalue weighted by molar-refractivity contribution is -0.663. The van der Waals surface area contributed by atoms with Crippen LogP contribution in [0.3, 0.4) is 0 Å². The molecule has 5 aromatic rings. The minimum Gasteiger partial charge on any atom is -0.425 e. The van der Waals surface area contributed by atoms with Crippen molar-refractivity contribution < 1.29 is 13.4 Å². The van der Waals surface area contributed by atoms with E-state index in [2.05, 4.69) is 25.1 Å². The summed E-state index contributed by atoms with van der Waals surface area (Å²) < 4.78 is 13.9. The first-order chi connectivity index (χ1) is 12.1. The van der Waals surface area contributed by atoms with Crippen molar-refractivity contribution in [3.05, 3.63) is 59.9 Å². The second-order valence-corrected chi connectivity index (χ2v) is 6.53. The monoisotopic (exact) mass is 329 g/mol. The first-order valence-corrected chi connectivity index (χ1v) is 8.30. The summed E-state index contributed by atoms with van der Waals surface area (Å²) >= 11 is 0. The van der Waals surface area contributed by atoms with Crippen molar-refractivity contribution in [2.75, 3.05) is 0 Å². The number of nitrogens with zero attached hydrogens (tertiary/aromatic N) is 2. The van der Waals surface area contributed by atoms with Crippen molar-refractivity contribution in [2.24, 2.45) is 7.05 Å². The molecule has 122 valence electrons. The van der Waals surface area contributed by atoms with E-state index < -0.39 is 0 Å². The lowest BCUT2D eigenvalue weighted by Gasteiger charge is -2.04. The number of hydrogen-bond acceptors (Lipinski definition) is 3. The van der Waals surface area contributed by atoms with Gasteiger partial charge in [0.2, 0.25) is 0 Å². The van der Waals surface area contributed by atoms with Crippen LogP contribution in [0.2, 0.25) is 0 Å². The minimum atomic E-state index is 0.578. The van der Waals surface area contributed by atoms with Crippen LogP contribution in [0.1, 0.15) is 11.3 Å². The Morgan fingerprint density at radius 1 is 0.920 bits per heavy atom. The summed E-state index contributed by atoms with van der Waals surface area (Å²) in [5.74, 6) is 1.51.